The first-order valence-electron chi connectivity index (χ1n) is 5.96. The van der Waals surface area contributed by atoms with E-state index in [2.05, 4.69) is 0 Å². The second-order valence-corrected chi connectivity index (χ2v) is 7.44. The molecule has 1 heterocycles. The Hall–Kier alpha value is -0.330. The predicted molar refractivity (Wildman–Crippen MR) is 75.0 cm³/mol. The second-order valence-electron chi connectivity index (χ2n) is 4.75. The van der Waals surface area contributed by atoms with E-state index >= 15 is 0 Å². The molecule has 0 saturated carbocycles. The molecule has 1 aliphatic heterocycles. The smallest absolute Gasteiger partial charge is 0.246 e. The molecule has 19 heavy (non-hydrogen) atoms. The van der Waals surface area contributed by atoms with Crippen molar-refractivity contribution < 1.29 is 13.5 Å². The summed E-state index contributed by atoms with van der Waals surface area (Å²) in [7, 11) is -3.72. The van der Waals surface area contributed by atoms with Crippen molar-refractivity contribution in [3.63, 3.8) is 0 Å². The van der Waals surface area contributed by atoms with Crippen molar-refractivity contribution in [3.8, 4) is 0 Å². The Kier molecular flexibility index (Phi) is 4.42. The van der Waals surface area contributed by atoms with Crippen LogP contribution in [0.4, 0.5) is 0 Å². The molecule has 1 aromatic rings. The molecule has 2 unspecified atom stereocenters. The Morgan fingerprint density at radius 1 is 1.32 bits per heavy atom. The first-order chi connectivity index (χ1) is 8.84. The van der Waals surface area contributed by atoms with Crippen LogP contribution in [0.1, 0.15) is 13.3 Å². The molecule has 0 aromatic heterocycles. The van der Waals surface area contributed by atoms with Crippen LogP contribution in [-0.2, 0) is 10.0 Å². The highest BCUT2D eigenvalue weighted by molar-refractivity contribution is 7.89. The number of aliphatic hydroxyl groups excluding tert-OH is 1. The SMILES string of the molecule is CC1CN(S(=O)(=O)c2c(Cl)cccc2Cl)CCC1O. The maximum atomic E-state index is 12.6. The third-order valence-corrected chi connectivity index (χ3v) is 6.16. The minimum Gasteiger partial charge on any atom is -0.393 e. The van der Waals surface area contributed by atoms with Crippen LogP contribution in [0.3, 0.4) is 0 Å². The largest absolute Gasteiger partial charge is 0.393 e. The van der Waals surface area contributed by atoms with Crippen LogP contribution in [0, 0.1) is 5.92 Å². The average Bonchev–Trinajstić information content (AvgIpc) is 2.32. The van der Waals surface area contributed by atoms with E-state index in [0.29, 0.717) is 6.42 Å². The van der Waals surface area contributed by atoms with E-state index in [1.54, 1.807) is 6.07 Å². The molecule has 0 aliphatic carbocycles. The Morgan fingerprint density at radius 3 is 2.42 bits per heavy atom. The zero-order valence-corrected chi connectivity index (χ0v) is 12.7. The summed E-state index contributed by atoms with van der Waals surface area (Å²) in [4.78, 5) is -0.0538. The maximum absolute atomic E-state index is 12.6. The fourth-order valence-electron chi connectivity index (χ4n) is 2.17. The number of rotatable bonds is 2. The van der Waals surface area contributed by atoms with Crippen LogP contribution >= 0.6 is 23.2 Å². The summed E-state index contributed by atoms with van der Waals surface area (Å²) in [5.74, 6) is -0.107. The van der Waals surface area contributed by atoms with Gasteiger partial charge >= 0.3 is 0 Å². The quantitative estimate of drug-likeness (QED) is 0.909. The van der Waals surface area contributed by atoms with Gasteiger partial charge in [0.25, 0.3) is 0 Å². The van der Waals surface area contributed by atoms with Gasteiger partial charge in [0.15, 0.2) is 0 Å². The lowest BCUT2D eigenvalue weighted by molar-refractivity contribution is 0.0629. The van der Waals surface area contributed by atoms with Crippen molar-refractivity contribution in [2.45, 2.75) is 24.3 Å². The van der Waals surface area contributed by atoms with Crippen molar-refractivity contribution in [2.75, 3.05) is 13.1 Å². The zero-order valence-electron chi connectivity index (χ0n) is 10.4. The minimum atomic E-state index is -3.72. The van der Waals surface area contributed by atoms with Gasteiger partial charge in [0.1, 0.15) is 4.90 Å². The monoisotopic (exact) mass is 323 g/mol. The summed E-state index contributed by atoms with van der Waals surface area (Å²) in [6.07, 6.45) is -0.0455. The van der Waals surface area contributed by atoms with Crippen molar-refractivity contribution in [1.82, 2.24) is 4.31 Å². The summed E-state index contributed by atoms with van der Waals surface area (Å²) in [6, 6.07) is 4.61. The third kappa shape index (κ3) is 2.90. The lowest BCUT2D eigenvalue weighted by atomic mass is 9.99. The average molecular weight is 324 g/mol. The molecule has 106 valence electrons. The van der Waals surface area contributed by atoms with Crippen molar-refractivity contribution in [1.29, 1.82) is 0 Å². The van der Waals surface area contributed by atoms with Gasteiger partial charge in [-0.15, -0.1) is 0 Å². The van der Waals surface area contributed by atoms with Gasteiger partial charge in [-0.2, -0.15) is 4.31 Å². The summed E-state index contributed by atoms with van der Waals surface area (Å²) < 4.78 is 26.4. The summed E-state index contributed by atoms with van der Waals surface area (Å²) in [5.41, 5.74) is 0. The van der Waals surface area contributed by atoms with Crippen molar-refractivity contribution in [2.24, 2.45) is 5.92 Å². The molecule has 2 rings (SSSR count). The van der Waals surface area contributed by atoms with Gasteiger partial charge in [0, 0.05) is 13.1 Å². The maximum Gasteiger partial charge on any atom is 0.246 e. The van der Waals surface area contributed by atoms with Gasteiger partial charge in [-0.05, 0) is 24.5 Å². The van der Waals surface area contributed by atoms with E-state index < -0.39 is 16.1 Å². The molecular formula is C12H15Cl2NO3S. The Morgan fingerprint density at radius 2 is 1.89 bits per heavy atom. The van der Waals surface area contributed by atoms with E-state index in [0.717, 1.165) is 0 Å². The highest BCUT2D eigenvalue weighted by Crippen LogP contribution is 2.33. The Labute approximate surface area is 123 Å². The molecule has 2 atom stereocenters. The van der Waals surface area contributed by atoms with Crippen LogP contribution in [0.2, 0.25) is 10.0 Å². The number of halogens is 2. The molecule has 1 fully saturated rings. The van der Waals surface area contributed by atoms with Crippen molar-refractivity contribution in [3.05, 3.63) is 28.2 Å². The first-order valence-corrected chi connectivity index (χ1v) is 8.16. The topological polar surface area (TPSA) is 57.6 Å². The molecule has 7 heteroatoms. The van der Waals surface area contributed by atoms with Crippen LogP contribution in [-0.4, -0.2) is 37.0 Å². The number of hydrogen-bond acceptors (Lipinski definition) is 3. The van der Waals surface area contributed by atoms with Crippen LogP contribution < -0.4 is 0 Å². The van der Waals surface area contributed by atoms with E-state index in [4.69, 9.17) is 23.2 Å². The zero-order chi connectivity index (χ0) is 14.2. The number of piperidine rings is 1. The highest BCUT2D eigenvalue weighted by Gasteiger charge is 2.34. The summed E-state index contributed by atoms with van der Waals surface area (Å²) in [5, 5.41) is 9.90. The number of benzene rings is 1. The molecule has 1 aliphatic rings. The lowest BCUT2D eigenvalue weighted by Gasteiger charge is -2.33. The second kappa shape index (κ2) is 5.58. The fraction of sp³-hybridized carbons (Fsp3) is 0.500. The van der Waals surface area contributed by atoms with Crippen LogP contribution in [0.25, 0.3) is 0 Å². The van der Waals surface area contributed by atoms with E-state index in [9.17, 15) is 13.5 Å². The number of sulfonamides is 1. The van der Waals surface area contributed by atoms with Gasteiger partial charge in [-0.25, -0.2) is 8.42 Å². The molecule has 1 aromatic carbocycles. The number of nitrogens with zero attached hydrogens (tertiary/aromatic N) is 1. The summed E-state index contributed by atoms with van der Waals surface area (Å²) >= 11 is 11.9. The summed E-state index contributed by atoms with van der Waals surface area (Å²) in [6.45, 7) is 2.36. The molecule has 0 spiro atoms. The minimum absolute atomic E-state index is 0.0538. The Bertz CT molecular complexity index is 556. The van der Waals surface area contributed by atoms with Gasteiger partial charge < -0.3 is 5.11 Å². The predicted octanol–water partition coefficient (Wildman–Crippen LogP) is 2.38. The van der Waals surface area contributed by atoms with E-state index in [1.165, 1.54) is 16.4 Å². The molecule has 0 amide bonds. The van der Waals surface area contributed by atoms with Gasteiger partial charge in [0.05, 0.1) is 16.1 Å². The molecule has 4 nitrogen and oxygen atoms in total. The van der Waals surface area contributed by atoms with E-state index in [-0.39, 0.29) is 33.9 Å². The van der Waals surface area contributed by atoms with Crippen LogP contribution in [0.5, 0.6) is 0 Å². The number of hydrogen-bond donors (Lipinski definition) is 1. The molecular weight excluding hydrogens is 309 g/mol. The number of aliphatic hydroxyl groups is 1. The first kappa shape index (κ1) is 15.1. The van der Waals surface area contributed by atoms with Gasteiger partial charge in [-0.1, -0.05) is 36.2 Å². The fourth-order valence-corrected chi connectivity index (χ4v) is 4.82. The van der Waals surface area contributed by atoms with Gasteiger partial charge in [0.2, 0.25) is 10.0 Å². The molecule has 0 bridgehead atoms. The van der Waals surface area contributed by atoms with E-state index in [1.807, 2.05) is 6.92 Å². The molecule has 0 radical (unpaired) electrons. The van der Waals surface area contributed by atoms with Gasteiger partial charge in [-0.3, -0.25) is 0 Å². The molecule has 1 N–H and O–H groups in total. The lowest BCUT2D eigenvalue weighted by Crippen LogP contribution is -2.45. The van der Waals surface area contributed by atoms with Crippen LogP contribution in [0.15, 0.2) is 23.1 Å². The van der Waals surface area contributed by atoms with Crippen molar-refractivity contribution >= 4 is 33.2 Å². The third-order valence-electron chi connectivity index (χ3n) is 3.34. The normalized spacial score (nSPS) is 25.5. The molecule has 1 saturated heterocycles. The Balaban J connectivity index is 2.38. The highest BCUT2D eigenvalue weighted by atomic mass is 35.5. The standard InChI is InChI=1S/C12H15Cl2NO3S/c1-8-7-15(6-5-11(8)16)19(17,18)12-9(13)3-2-4-10(12)14/h2-4,8,11,16H,5-7H2,1H3.